The van der Waals surface area contributed by atoms with Crippen molar-refractivity contribution in [1.82, 2.24) is 4.90 Å². The third kappa shape index (κ3) is 3.28. The summed E-state index contributed by atoms with van der Waals surface area (Å²) in [4.78, 5) is 27.0. The van der Waals surface area contributed by atoms with Crippen LogP contribution in [0.15, 0.2) is 42.5 Å². The van der Waals surface area contributed by atoms with Gasteiger partial charge in [0, 0.05) is 17.6 Å². The molecule has 0 saturated carbocycles. The van der Waals surface area contributed by atoms with Gasteiger partial charge in [0.2, 0.25) is 11.8 Å². The smallest absolute Gasteiger partial charge is 0.247 e. The van der Waals surface area contributed by atoms with Crippen molar-refractivity contribution < 1.29 is 9.59 Å². The van der Waals surface area contributed by atoms with Crippen molar-refractivity contribution in [3.8, 4) is 0 Å². The lowest BCUT2D eigenvalue weighted by Gasteiger charge is -2.30. The second-order valence-electron chi connectivity index (χ2n) is 7.46. The summed E-state index contributed by atoms with van der Waals surface area (Å²) < 4.78 is 0. The Kier molecular flexibility index (Phi) is 4.31. The van der Waals surface area contributed by atoms with E-state index in [9.17, 15) is 9.59 Å². The molecule has 24 heavy (non-hydrogen) atoms. The van der Waals surface area contributed by atoms with Crippen LogP contribution in [0.25, 0.3) is 10.8 Å². The van der Waals surface area contributed by atoms with Gasteiger partial charge in [-0.1, -0.05) is 51.1 Å². The van der Waals surface area contributed by atoms with Crippen LogP contribution in [0.4, 0.5) is 5.69 Å². The quantitative estimate of drug-likeness (QED) is 0.913. The molecule has 2 aromatic carbocycles. The van der Waals surface area contributed by atoms with Gasteiger partial charge in [0.15, 0.2) is 0 Å². The molecule has 2 amide bonds. The van der Waals surface area contributed by atoms with Crippen molar-refractivity contribution >= 4 is 28.3 Å². The molecule has 1 fully saturated rings. The van der Waals surface area contributed by atoms with E-state index in [0.29, 0.717) is 6.54 Å². The number of carbonyl (C=O) groups is 2. The summed E-state index contributed by atoms with van der Waals surface area (Å²) in [5.74, 6) is -0.0564. The Morgan fingerprint density at radius 2 is 1.79 bits per heavy atom. The normalized spacial score (nSPS) is 18.0. The third-order valence-electron chi connectivity index (χ3n) is 4.47. The lowest BCUT2D eigenvalue weighted by molar-refractivity contribution is -0.143. The van der Waals surface area contributed by atoms with E-state index in [4.69, 9.17) is 0 Å². The molecule has 0 radical (unpaired) electrons. The highest BCUT2D eigenvalue weighted by Gasteiger charge is 2.38. The summed E-state index contributed by atoms with van der Waals surface area (Å²) in [7, 11) is 0. The standard InChI is InChI=1S/C20H24N2O2/c1-20(2,3)19(24)22-12-6-9-17(22)18(23)21-16-11-10-14-7-4-5-8-15(14)13-16/h4-5,7-8,10-11,13,17H,6,9,12H2,1-3H3,(H,21,23)/t17-/m1/s1. The first-order valence-electron chi connectivity index (χ1n) is 8.47. The molecule has 1 atom stereocenters. The minimum atomic E-state index is -0.466. The van der Waals surface area contributed by atoms with E-state index in [1.807, 2.05) is 63.2 Å². The number of hydrogen-bond donors (Lipinski definition) is 1. The molecule has 3 rings (SSSR count). The Hall–Kier alpha value is -2.36. The minimum absolute atomic E-state index is 0.0404. The van der Waals surface area contributed by atoms with E-state index in [1.165, 1.54) is 0 Å². The van der Waals surface area contributed by atoms with Crippen LogP contribution in [0, 0.1) is 5.41 Å². The maximum absolute atomic E-state index is 12.7. The second-order valence-corrected chi connectivity index (χ2v) is 7.46. The summed E-state index contributed by atoms with van der Waals surface area (Å²) in [6, 6.07) is 13.5. The number of amides is 2. The average Bonchev–Trinajstić information content (AvgIpc) is 3.02. The highest BCUT2D eigenvalue weighted by atomic mass is 16.2. The number of anilines is 1. The van der Waals surface area contributed by atoms with Gasteiger partial charge in [0.05, 0.1) is 0 Å². The maximum Gasteiger partial charge on any atom is 0.247 e. The number of nitrogens with one attached hydrogen (secondary N) is 1. The molecule has 0 bridgehead atoms. The molecule has 0 spiro atoms. The zero-order valence-corrected chi connectivity index (χ0v) is 14.5. The van der Waals surface area contributed by atoms with Gasteiger partial charge >= 0.3 is 0 Å². The summed E-state index contributed by atoms with van der Waals surface area (Å²) in [6.45, 7) is 6.34. The molecule has 1 aliphatic rings. The van der Waals surface area contributed by atoms with Crippen molar-refractivity contribution in [2.75, 3.05) is 11.9 Å². The van der Waals surface area contributed by atoms with Gasteiger partial charge < -0.3 is 10.2 Å². The Morgan fingerprint density at radius 3 is 2.50 bits per heavy atom. The van der Waals surface area contributed by atoms with Gasteiger partial charge in [-0.2, -0.15) is 0 Å². The van der Waals surface area contributed by atoms with E-state index in [0.717, 1.165) is 29.3 Å². The van der Waals surface area contributed by atoms with E-state index >= 15 is 0 Å². The van der Waals surface area contributed by atoms with Crippen LogP contribution in [-0.4, -0.2) is 29.3 Å². The summed E-state index contributed by atoms with van der Waals surface area (Å²) >= 11 is 0. The van der Waals surface area contributed by atoms with Crippen molar-refractivity contribution in [2.45, 2.75) is 39.7 Å². The summed E-state index contributed by atoms with van der Waals surface area (Å²) in [5, 5.41) is 5.21. The van der Waals surface area contributed by atoms with Crippen molar-refractivity contribution in [3.05, 3.63) is 42.5 Å². The van der Waals surface area contributed by atoms with Gasteiger partial charge in [0.25, 0.3) is 0 Å². The fraction of sp³-hybridized carbons (Fsp3) is 0.400. The van der Waals surface area contributed by atoms with E-state index in [-0.39, 0.29) is 17.9 Å². The SMILES string of the molecule is CC(C)(C)C(=O)N1CCC[C@@H]1C(=O)Nc1ccc2ccccc2c1. The monoisotopic (exact) mass is 324 g/mol. The topological polar surface area (TPSA) is 49.4 Å². The Labute approximate surface area is 142 Å². The van der Waals surface area contributed by atoms with Crippen molar-refractivity contribution in [3.63, 3.8) is 0 Å². The fourth-order valence-corrected chi connectivity index (χ4v) is 3.21. The van der Waals surface area contributed by atoms with Crippen molar-refractivity contribution in [2.24, 2.45) is 5.41 Å². The number of benzene rings is 2. The van der Waals surface area contributed by atoms with Gasteiger partial charge in [-0.15, -0.1) is 0 Å². The van der Waals surface area contributed by atoms with E-state index < -0.39 is 5.41 Å². The van der Waals surface area contributed by atoms with E-state index in [1.54, 1.807) is 4.90 Å². The van der Waals surface area contributed by atoms with E-state index in [2.05, 4.69) is 5.32 Å². The zero-order valence-electron chi connectivity index (χ0n) is 14.5. The Bertz CT molecular complexity index is 777. The Balaban J connectivity index is 1.76. The number of rotatable bonds is 2. The molecule has 4 heteroatoms. The molecule has 1 N–H and O–H groups in total. The minimum Gasteiger partial charge on any atom is -0.330 e. The number of nitrogens with zero attached hydrogens (tertiary/aromatic N) is 1. The maximum atomic E-state index is 12.7. The molecule has 1 heterocycles. The first-order chi connectivity index (χ1) is 11.4. The van der Waals surface area contributed by atoms with Crippen molar-refractivity contribution in [1.29, 1.82) is 0 Å². The molecular weight excluding hydrogens is 300 g/mol. The molecule has 0 aliphatic carbocycles. The predicted octanol–water partition coefficient (Wildman–Crippen LogP) is 3.82. The number of fused-ring (bicyclic) bond motifs is 1. The second kappa shape index (κ2) is 6.27. The molecular formula is C20H24N2O2. The average molecular weight is 324 g/mol. The highest BCUT2D eigenvalue weighted by Crippen LogP contribution is 2.26. The predicted molar refractivity (Wildman–Crippen MR) is 96.8 cm³/mol. The first kappa shape index (κ1) is 16.5. The highest BCUT2D eigenvalue weighted by molar-refractivity contribution is 5.99. The molecule has 126 valence electrons. The Morgan fingerprint density at radius 1 is 1.08 bits per heavy atom. The van der Waals surface area contributed by atoms with Crippen LogP contribution in [0.2, 0.25) is 0 Å². The zero-order chi connectivity index (χ0) is 17.3. The molecule has 1 aliphatic heterocycles. The lowest BCUT2D eigenvalue weighted by atomic mass is 9.94. The van der Waals surface area contributed by atoms with Gasteiger partial charge in [-0.05, 0) is 35.7 Å². The number of carbonyl (C=O) groups excluding carboxylic acids is 2. The molecule has 0 aromatic heterocycles. The molecule has 2 aromatic rings. The van der Waals surface area contributed by atoms with Gasteiger partial charge in [-0.25, -0.2) is 0 Å². The number of hydrogen-bond acceptors (Lipinski definition) is 2. The van der Waals surface area contributed by atoms with Crippen LogP contribution in [-0.2, 0) is 9.59 Å². The number of likely N-dealkylation sites (tertiary alicyclic amines) is 1. The molecule has 0 unspecified atom stereocenters. The summed E-state index contributed by atoms with van der Waals surface area (Å²) in [6.07, 6.45) is 1.60. The van der Waals surface area contributed by atoms with Crippen LogP contribution in [0.5, 0.6) is 0 Å². The van der Waals surface area contributed by atoms with Crippen LogP contribution in [0.1, 0.15) is 33.6 Å². The molecule has 4 nitrogen and oxygen atoms in total. The van der Waals surface area contributed by atoms with Gasteiger partial charge in [-0.3, -0.25) is 9.59 Å². The third-order valence-corrected chi connectivity index (χ3v) is 4.47. The molecule has 1 saturated heterocycles. The van der Waals surface area contributed by atoms with Gasteiger partial charge in [0.1, 0.15) is 6.04 Å². The van der Waals surface area contributed by atoms with Crippen LogP contribution < -0.4 is 5.32 Å². The fourth-order valence-electron chi connectivity index (χ4n) is 3.21. The van der Waals surface area contributed by atoms with Crippen LogP contribution in [0.3, 0.4) is 0 Å². The largest absolute Gasteiger partial charge is 0.330 e. The first-order valence-corrected chi connectivity index (χ1v) is 8.47. The lowest BCUT2D eigenvalue weighted by Crippen LogP contribution is -2.47. The summed E-state index contributed by atoms with van der Waals surface area (Å²) in [5.41, 5.74) is 0.306. The van der Waals surface area contributed by atoms with Crippen LogP contribution >= 0.6 is 0 Å².